The lowest BCUT2D eigenvalue weighted by atomic mass is 10.3. The van der Waals surface area contributed by atoms with E-state index in [1.807, 2.05) is 30.3 Å². The average molecular weight is 500 g/mol. The second-order valence-corrected chi connectivity index (χ2v) is 6.99. The van der Waals surface area contributed by atoms with Crippen LogP contribution in [0.1, 0.15) is 5.69 Å². The van der Waals surface area contributed by atoms with Crippen molar-refractivity contribution in [2.24, 2.45) is 0 Å². The lowest BCUT2D eigenvalue weighted by Gasteiger charge is -2.11. The first-order valence-electron chi connectivity index (χ1n) is 5.06. The molecule has 0 radical (unpaired) electrons. The number of hydrogen-bond donors (Lipinski definition) is 1. The van der Waals surface area contributed by atoms with E-state index in [0.717, 1.165) is 29.4 Å². The van der Waals surface area contributed by atoms with Crippen molar-refractivity contribution in [3.63, 3.8) is 0 Å². The fraction of sp³-hybridized carbons (Fsp3) is 0.0833. The van der Waals surface area contributed by atoms with Gasteiger partial charge in [-0.1, -0.05) is 22.0 Å². The van der Waals surface area contributed by atoms with Gasteiger partial charge >= 0.3 is 0 Å². The molecule has 94 valence electrons. The van der Waals surface area contributed by atoms with Crippen LogP contribution in [0.25, 0.3) is 0 Å². The Morgan fingerprint density at radius 3 is 2.28 bits per heavy atom. The van der Waals surface area contributed by atoms with Gasteiger partial charge in [0.15, 0.2) is 0 Å². The second kappa shape index (κ2) is 6.50. The summed E-state index contributed by atoms with van der Waals surface area (Å²) in [7, 11) is 0. The standard InChI is InChI=1S/C12H8Br4N2/c13-7-4-9(14)12(10(15)5-7)17-6-8-2-1-3-11(16)18-8/h1-5,17H,6H2. The Morgan fingerprint density at radius 1 is 1.00 bits per heavy atom. The van der Waals surface area contributed by atoms with Crippen LogP contribution in [0.5, 0.6) is 0 Å². The number of benzene rings is 1. The smallest absolute Gasteiger partial charge is 0.106 e. The monoisotopic (exact) mass is 496 g/mol. The number of nitrogens with one attached hydrogen (secondary N) is 1. The molecule has 1 aromatic carbocycles. The van der Waals surface area contributed by atoms with Crippen molar-refractivity contribution in [3.8, 4) is 0 Å². The predicted molar refractivity (Wildman–Crippen MR) is 88.8 cm³/mol. The summed E-state index contributed by atoms with van der Waals surface area (Å²) < 4.78 is 3.86. The quantitative estimate of drug-likeness (QED) is 0.545. The molecule has 0 aliphatic heterocycles. The summed E-state index contributed by atoms with van der Waals surface area (Å²) >= 11 is 13.9. The van der Waals surface area contributed by atoms with Gasteiger partial charge in [0.05, 0.1) is 17.9 Å². The minimum atomic E-state index is 0.665. The molecule has 0 spiro atoms. The van der Waals surface area contributed by atoms with Gasteiger partial charge < -0.3 is 5.32 Å². The highest BCUT2D eigenvalue weighted by Crippen LogP contribution is 2.34. The van der Waals surface area contributed by atoms with Crippen LogP contribution in [0.15, 0.2) is 48.4 Å². The van der Waals surface area contributed by atoms with Crippen LogP contribution in [0.3, 0.4) is 0 Å². The number of hydrogen-bond acceptors (Lipinski definition) is 2. The Morgan fingerprint density at radius 2 is 1.67 bits per heavy atom. The molecular weight excluding hydrogens is 492 g/mol. The van der Waals surface area contributed by atoms with E-state index in [1.54, 1.807) is 0 Å². The van der Waals surface area contributed by atoms with Crippen molar-refractivity contribution in [2.45, 2.75) is 6.54 Å². The SMILES string of the molecule is Brc1cc(Br)c(NCc2cccc(Br)n2)c(Br)c1. The molecule has 0 amide bonds. The molecule has 0 aliphatic carbocycles. The molecule has 0 saturated heterocycles. The van der Waals surface area contributed by atoms with Gasteiger partial charge in [0.25, 0.3) is 0 Å². The highest BCUT2D eigenvalue weighted by molar-refractivity contribution is 9.11. The summed E-state index contributed by atoms with van der Waals surface area (Å²) in [5.74, 6) is 0. The van der Waals surface area contributed by atoms with Crippen molar-refractivity contribution < 1.29 is 0 Å². The third-order valence-electron chi connectivity index (χ3n) is 2.23. The fourth-order valence-electron chi connectivity index (χ4n) is 1.44. The molecule has 0 aliphatic rings. The largest absolute Gasteiger partial charge is 0.378 e. The Hall–Kier alpha value is 0.0900. The van der Waals surface area contributed by atoms with Crippen LogP contribution < -0.4 is 5.32 Å². The predicted octanol–water partition coefficient (Wildman–Crippen LogP) is 5.74. The Bertz CT molecular complexity index is 549. The second-order valence-electron chi connectivity index (χ2n) is 3.55. The third kappa shape index (κ3) is 3.79. The van der Waals surface area contributed by atoms with Crippen molar-refractivity contribution in [1.29, 1.82) is 0 Å². The molecule has 2 rings (SSSR count). The van der Waals surface area contributed by atoms with Gasteiger partial charge in [0.1, 0.15) is 4.60 Å². The van der Waals surface area contributed by atoms with Crippen LogP contribution in [0.4, 0.5) is 5.69 Å². The summed E-state index contributed by atoms with van der Waals surface area (Å²) in [6, 6.07) is 9.87. The summed E-state index contributed by atoms with van der Waals surface area (Å²) in [6.45, 7) is 0.665. The normalized spacial score (nSPS) is 10.4. The fourth-order valence-corrected chi connectivity index (χ4v) is 4.36. The van der Waals surface area contributed by atoms with Crippen molar-refractivity contribution in [3.05, 3.63) is 54.0 Å². The highest BCUT2D eigenvalue weighted by atomic mass is 79.9. The summed E-state index contributed by atoms with van der Waals surface area (Å²) in [5, 5.41) is 3.35. The van der Waals surface area contributed by atoms with E-state index in [0.29, 0.717) is 6.54 Å². The summed E-state index contributed by atoms with van der Waals surface area (Å²) in [4.78, 5) is 4.38. The van der Waals surface area contributed by atoms with E-state index in [-0.39, 0.29) is 0 Å². The number of aromatic nitrogens is 1. The molecule has 0 bridgehead atoms. The maximum atomic E-state index is 4.38. The number of halogens is 4. The topological polar surface area (TPSA) is 24.9 Å². The third-order valence-corrected chi connectivity index (χ3v) is 4.38. The van der Waals surface area contributed by atoms with Crippen LogP contribution in [0, 0.1) is 0 Å². The zero-order valence-corrected chi connectivity index (χ0v) is 15.4. The average Bonchev–Trinajstić information content (AvgIpc) is 2.27. The summed E-state index contributed by atoms with van der Waals surface area (Å²) in [6.07, 6.45) is 0. The van der Waals surface area contributed by atoms with Gasteiger partial charge in [0.2, 0.25) is 0 Å². The molecule has 0 unspecified atom stereocenters. The zero-order valence-electron chi connectivity index (χ0n) is 9.05. The first-order chi connectivity index (χ1) is 8.56. The van der Waals surface area contributed by atoms with Crippen LogP contribution >= 0.6 is 63.7 Å². The molecule has 6 heteroatoms. The van der Waals surface area contributed by atoms with Gasteiger partial charge in [-0.05, 0) is 72.1 Å². The first-order valence-corrected chi connectivity index (χ1v) is 8.23. The minimum Gasteiger partial charge on any atom is -0.378 e. The molecule has 0 fully saturated rings. The Labute approximate surface area is 139 Å². The number of pyridine rings is 1. The van der Waals surface area contributed by atoms with E-state index in [2.05, 4.69) is 74.0 Å². The minimum absolute atomic E-state index is 0.665. The van der Waals surface area contributed by atoms with E-state index < -0.39 is 0 Å². The van der Waals surface area contributed by atoms with Crippen LogP contribution in [-0.4, -0.2) is 4.98 Å². The van der Waals surface area contributed by atoms with Gasteiger partial charge in [0, 0.05) is 13.4 Å². The Kier molecular flexibility index (Phi) is 5.24. The molecule has 2 nitrogen and oxygen atoms in total. The molecule has 1 heterocycles. The maximum absolute atomic E-state index is 4.38. The molecule has 1 aromatic heterocycles. The molecular formula is C12H8Br4N2. The van der Waals surface area contributed by atoms with Gasteiger partial charge in [-0.25, -0.2) is 4.98 Å². The van der Waals surface area contributed by atoms with Crippen molar-refractivity contribution in [1.82, 2.24) is 4.98 Å². The van der Waals surface area contributed by atoms with E-state index in [9.17, 15) is 0 Å². The highest BCUT2D eigenvalue weighted by Gasteiger charge is 2.06. The molecule has 1 N–H and O–H groups in total. The zero-order chi connectivity index (χ0) is 13.1. The lowest BCUT2D eigenvalue weighted by molar-refractivity contribution is 1.03. The molecule has 0 saturated carbocycles. The molecule has 0 atom stereocenters. The van der Waals surface area contributed by atoms with Gasteiger partial charge in [-0.3, -0.25) is 0 Å². The number of rotatable bonds is 3. The van der Waals surface area contributed by atoms with Crippen molar-refractivity contribution in [2.75, 3.05) is 5.32 Å². The van der Waals surface area contributed by atoms with E-state index >= 15 is 0 Å². The summed E-state index contributed by atoms with van der Waals surface area (Å²) in [5.41, 5.74) is 1.99. The lowest BCUT2D eigenvalue weighted by Crippen LogP contribution is -2.03. The number of nitrogens with zero attached hydrogens (tertiary/aromatic N) is 1. The Balaban J connectivity index is 2.16. The molecule has 2 aromatic rings. The van der Waals surface area contributed by atoms with Crippen LogP contribution in [0.2, 0.25) is 0 Å². The van der Waals surface area contributed by atoms with Crippen LogP contribution in [-0.2, 0) is 6.54 Å². The first kappa shape index (κ1) is 14.5. The maximum Gasteiger partial charge on any atom is 0.106 e. The molecule has 18 heavy (non-hydrogen) atoms. The van der Waals surface area contributed by atoms with E-state index in [1.165, 1.54) is 0 Å². The van der Waals surface area contributed by atoms with Crippen molar-refractivity contribution >= 4 is 69.4 Å². The van der Waals surface area contributed by atoms with Gasteiger partial charge in [-0.15, -0.1) is 0 Å². The van der Waals surface area contributed by atoms with E-state index in [4.69, 9.17) is 0 Å². The number of anilines is 1. The van der Waals surface area contributed by atoms with Gasteiger partial charge in [-0.2, -0.15) is 0 Å².